The van der Waals surface area contributed by atoms with Crippen LogP contribution in [0, 0.1) is 22.7 Å². The molecule has 0 saturated heterocycles. The molecule has 0 atom stereocenters. The third-order valence-electron chi connectivity index (χ3n) is 1.92. The number of ether oxygens (including phenoxy) is 1. The van der Waals surface area contributed by atoms with Crippen molar-refractivity contribution in [3.05, 3.63) is 35.4 Å². The largest absolute Gasteiger partial charge is 0.461 e. The summed E-state index contributed by atoms with van der Waals surface area (Å²) >= 11 is 0. The van der Waals surface area contributed by atoms with Gasteiger partial charge in [-0.15, -0.1) is 0 Å². The first-order valence-electron chi connectivity index (χ1n) is 4.86. The predicted octanol–water partition coefficient (Wildman–Crippen LogP) is 3.35. The van der Waals surface area contributed by atoms with Gasteiger partial charge in [0.2, 0.25) is 0 Å². The van der Waals surface area contributed by atoms with Crippen molar-refractivity contribution < 1.29 is 22.3 Å². The molecule has 3 nitrogen and oxygen atoms in total. The Hall–Kier alpha value is -2.54. The summed E-state index contributed by atoms with van der Waals surface area (Å²) in [7, 11) is 0. The molecule has 0 unspecified atom stereocenters. The standard InChI is InChI=1S/C12H6F4N2O/c13-11(14)12(15,16)19-10-3-1-2-8(5-10)4-9(6-17)7-18/h1-5,11H. The van der Waals surface area contributed by atoms with Crippen LogP contribution in [0.15, 0.2) is 29.8 Å². The Bertz CT molecular complexity index is 554. The molecule has 0 bridgehead atoms. The van der Waals surface area contributed by atoms with E-state index in [4.69, 9.17) is 10.5 Å². The predicted molar refractivity (Wildman–Crippen MR) is 57.2 cm³/mol. The van der Waals surface area contributed by atoms with Crippen molar-refractivity contribution in [1.29, 1.82) is 10.5 Å². The fourth-order valence-electron chi connectivity index (χ4n) is 1.13. The van der Waals surface area contributed by atoms with E-state index in [2.05, 4.69) is 4.74 Å². The zero-order valence-electron chi connectivity index (χ0n) is 9.28. The van der Waals surface area contributed by atoms with Crippen LogP contribution in [0.4, 0.5) is 17.6 Å². The maximum atomic E-state index is 12.7. The summed E-state index contributed by atoms with van der Waals surface area (Å²) in [5.41, 5.74) is -0.0431. The van der Waals surface area contributed by atoms with E-state index in [0.29, 0.717) is 0 Å². The molecule has 0 saturated carbocycles. The van der Waals surface area contributed by atoms with Crippen molar-refractivity contribution in [2.24, 2.45) is 0 Å². The Morgan fingerprint density at radius 1 is 1.26 bits per heavy atom. The molecule has 19 heavy (non-hydrogen) atoms. The van der Waals surface area contributed by atoms with Crippen LogP contribution in [0.2, 0.25) is 0 Å². The van der Waals surface area contributed by atoms with Crippen molar-refractivity contribution in [1.82, 2.24) is 0 Å². The molecule has 0 aliphatic rings. The minimum Gasteiger partial charge on any atom is -0.428 e. The van der Waals surface area contributed by atoms with Crippen molar-refractivity contribution in [3.63, 3.8) is 0 Å². The smallest absolute Gasteiger partial charge is 0.428 e. The number of benzene rings is 1. The van der Waals surface area contributed by atoms with Gasteiger partial charge in [0, 0.05) is 0 Å². The van der Waals surface area contributed by atoms with E-state index in [1.165, 1.54) is 12.1 Å². The Kier molecular flexibility index (Phi) is 4.49. The van der Waals surface area contributed by atoms with Gasteiger partial charge in [-0.05, 0) is 23.8 Å². The van der Waals surface area contributed by atoms with Gasteiger partial charge in [-0.2, -0.15) is 28.1 Å². The first kappa shape index (κ1) is 14.5. The molecule has 0 aliphatic carbocycles. The second kappa shape index (κ2) is 5.87. The average Bonchev–Trinajstić information content (AvgIpc) is 2.35. The van der Waals surface area contributed by atoms with Crippen LogP contribution in [0.5, 0.6) is 5.75 Å². The van der Waals surface area contributed by atoms with Crippen LogP contribution in [0.1, 0.15) is 5.56 Å². The van der Waals surface area contributed by atoms with Gasteiger partial charge in [0.05, 0.1) is 0 Å². The van der Waals surface area contributed by atoms with Gasteiger partial charge < -0.3 is 4.74 Å². The lowest BCUT2D eigenvalue weighted by Gasteiger charge is -2.16. The molecule has 0 radical (unpaired) electrons. The molecular weight excluding hydrogens is 264 g/mol. The molecule has 0 amide bonds. The summed E-state index contributed by atoms with van der Waals surface area (Å²) < 4.78 is 53.1. The monoisotopic (exact) mass is 270 g/mol. The minimum atomic E-state index is -4.60. The normalized spacial score (nSPS) is 10.5. The second-order valence-electron chi connectivity index (χ2n) is 3.32. The summed E-state index contributed by atoms with van der Waals surface area (Å²) in [4.78, 5) is 0. The highest BCUT2D eigenvalue weighted by Crippen LogP contribution is 2.28. The van der Waals surface area contributed by atoms with E-state index in [-0.39, 0.29) is 11.1 Å². The van der Waals surface area contributed by atoms with Crippen LogP contribution in [-0.4, -0.2) is 12.5 Å². The second-order valence-corrected chi connectivity index (χ2v) is 3.32. The molecule has 7 heteroatoms. The fraction of sp³-hybridized carbons (Fsp3) is 0.167. The Balaban J connectivity index is 3.00. The maximum Gasteiger partial charge on any atom is 0.461 e. The zero-order valence-corrected chi connectivity index (χ0v) is 9.28. The number of rotatable bonds is 4. The van der Waals surface area contributed by atoms with Crippen LogP contribution < -0.4 is 4.74 Å². The van der Waals surface area contributed by atoms with Gasteiger partial charge in [0.1, 0.15) is 23.5 Å². The van der Waals surface area contributed by atoms with Crippen LogP contribution in [0.25, 0.3) is 6.08 Å². The van der Waals surface area contributed by atoms with Gasteiger partial charge in [-0.3, -0.25) is 0 Å². The van der Waals surface area contributed by atoms with E-state index < -0.39 is 18.3 Å². The van der Waals surface area contributed by atoms with Crippen molar-refractivity contribution in [2.45, 2.75) is 12.5 Å². The Morgan fingerprint density at radius 2 is 1.89 bits per heavy atom. The SMILES string of the molecule is N#CC(C#N)=Cc1cccc(OC(F)(F)C(F)F)c1. The summed E-state index contributed by atoms with van der Waals surface area (Å²) in [6.07, 6.45) is -7.44. The van der Waals surface area contributed by atoms with Crippen molar-refractivity contribution in [3.8, 4) is 17.9 Å². The molecule has 98 valence electrons. The number of hydrogen-bond donors (Lipinski definition) is 0. The molecule has 0 spiro atoms. The highest BCUT2D eigenvalue weighted by molar-refractivity contribution is 5.62. The number of alkyl halides is 4. The summed E-state index contributed by atoms with van der Waals surface area (Å²) in [5.74, 6) is -0.491. The minimum absolute atomic E-state index is 0.209. The maximum absolute atomic E-state index is 12.7. The quantitative estimate of drug-likeness (QED) is 0.622. The number of allylic oxidation sites excluding steroid dienone is 1. The van der Waals surface area contributed by atoms with Crippen LogP contribution in [-0.2, 0) is 0 Å². The Morgan fingerprint density at radius 3 is 2.42 bits per heavy atom. The molecule has 0 heterocycles. The summed E-state index contributed by atoms with van der Waals surface area (Å²) in [6.45, 7) is 0. The molecule has 0 fully saturated rings. The van der Waals surface area contributed by atoms with E-state index >= 15 is 0 Å². The first-order chi connectivity index (χ1) is 8.89. The molecular formula is C12H6F4N2O. The van der Waals surface area contributed by atoms with Gasteiger partial charge in [0.15, 0.2) is 0 Å². The molecule has 1 aromatic carbocycles. The molecule has 1 rings (SSSR count). The number of nitrogens with zero attached hydrogens (tertiary/aromatic N) is 2. The van der Waals surface area contributed by atoms with E-state index in [0.717, 1.165) is 18.2 Å². The highest BCUT2D eigenvalue weighted by atomic mass is 19.3. The van der Waals surface area contributed by atoms with Gasteiger partial charge in [-0.25, -0.2) is 0 Å². The topological polar surface area (TPSA) is 56.8 Å². The first-order valence-corrected chi connectivity index (χ1v) is 4.86. The van der Waals surface area contributed by atoms with Gasteiger partial charge in [0.25, 0.3) is 0 Å². The lowest BCUT2D eigenvalue weighted by molar-refractivity contribution is -0.253. The fourth-order valence-corrected chi connectivity index (χ4v) is 1.13. The van der Waals surface area contributed by atoms with E-state index in [1.807, 2.05) is 0 Å². The lowest BCUT2D eigenvalue weighted by atomic mass is 10.1. The molecule has 1 aromatic rings. The number of hydrogen-bond acceptors (Lipinski definition) is 3. The zero-order chi connectivity index (χ0) is 14.5. The van der Waals surface area contributed by atoms with Crippen LogP contribution >= 0.6 is 0 Å². The number of nitriles is 2. The average molecular weight is 270 g/mol. The molecule has 0 aromatic heterocycles. The molecule has 0 aliphatic heterocycles. The van der Waals surface area contributed by atoms with Crippen molar-refractivity contribution in [2.75, 3.05) is 0 Å². The van der Waals surface area contributed by atoms with E-state index in [1.54, 1.807) is 12.1 Å². The highest BCUT2D eigenvalue weighted by Gasteiger charge is 2.43. The van der Waals surface area contributed by atoms with E-state index in [9.17, 15) is 17.6 Å². The third kappa shape index (κ3) is 4.00. The van der Waals surface area contributed by atoms with Gasteiger partial charge >= 0.3 is 12.5 Å². The Labute approximate surface area is 105 Å². The molecule has 0 N–H and O–H groups in total. The summed E-state index contributed by atoms with van der Waals surface area (Å²) in [5, 5.41) is 17.0. The van der Waals surface area contributed by atoms with Crippen LogP contribution in [0.3, 0.4) is 0 Å². The van der Waals surface area contributed by atoms with Crippen molar-refractivity contribution >= 4 is 6.08 Å². The number of halogens is 4. The van der Waals surface area contributed by atoms with Gasteiger partial charge in [-0.1, -0.05) is 12.1 Å². The summed E-state index contributed by atoms with van der Waals surface area (Å²) in [6, 6.07) is 7.91. The third-order valence-corrected chi connectivity index (χ3v) is 1.92. The lowest BCUT2D eigenvalue weighted by Crippen LogP contribution is -2.33.